The molecule has 9 nitrogen and oxygen atoms in total. The van der Waals surface area contributed by atoms with Crippen LogP contribution in [0.15, 0.2) is 36.4 Å². The Bertz CT molecular complexity index is 839. The van der Waals surface area contributed by atoms with Gasteiger partial charge in [0.25, 0.3) is 11.4 Å². The van der Waals surface area contributed by atoms with E-state index in [9.17, 15) is 20.2 Å². The number of nitro groups is 2. The van der Waals surface area contributed by atoms with E-state index in [1.54, 1.807) is 11.0 Å². The van der Waals surface area contributed by atoms with E-state index >= 15 is 0 Å². The van der Waals surface area contributed by atoms with E-state index in [1.807, 2.05) is 19.1 Å². The third-order valence-corrected chi connectivity index (χ3v) is 3.90. The molecule has 0 atom stereocenters. The average molecular weight is 345 g/mol. The summed E-state index contributed by atoms with van der Waals surface area (Å²) in [4.78, 5) is 22.7. The van der Waals surface area contributed by atoms with E-state index in [-0.39, 0.29) is 18.2 Å². The van der Waals surface area contributed by atoms with Gasteiger partial charge >= 0.3 is 0 Å². The van der Waals surface area contributed by atoms with Crippen molar-refractivity contribution < 1.29 is 19.3 Å². The molecular formula is C16H15N3O6. The Hall–Kier alpha value is -3.36. The van der Waals surface area contributed by atoms with Crippen LogP contribution in [0.3, 0.4) is 0 Å². The molecule has 1 heterocycles. The molecule has 2 aromatic rings. The molecule has 0 saturated carbocycles. The van der Waals surface area contributed by atoms with E-state index in [2.05, 4.69) is 0 Å². The highest BCUT2D eigenvalue weighted by molar-refractivity contribution is 5.67. The predicted molar refractivity (Wildman–Crippen MR) is 89.0 cm³/mol. The summed E-state index contributed by atoms with van der Waals surface area (Å²) >= 11 is 0. The molecule has 0 N–H and O–H groups in total. The summed E-state index contributed by atoms with van der Waals surface area (Å²) in [5.74, 6) is 1.29. The molecular weight excluding hydrogens is 330 g/mol. The number of ether oxygens (including phenoxy) is 2. The van der Waals surface area contributed by atoms with Gasteiger partial charge in [0, 0.05) is 19.2 Å². The first-order valence-electron chi connectivity index (χ1n) is 7.56. The molecule has 0 spiro atoms. The van der Waals surface area contributed by atoms with Crippen LogP contribution in [-0.2, 0) is 6.54 Å². The maximum atomic E-state index is 11.3. The zero-order valence-corrected chi connectivity index (χ0v) is 13.4. The predicted octanol–water partition coefficient (Wildman–Crippen LogP) is 3.26. The number of nitro benzene ring substituents is 2. The summed E-state index contributed by atoms with van der Waals surface area (Å²) in [6.45, 7) is 2.92. The number of fused-ring (bicyclic) bond motifs is 1. The van der Waals surface area contributed by atoms with Gasteiger partial charge in [-0.05, 0) is 30.7 Å². The van der Waals surface area contributed by atoms with Gasteiger partial charge in [0.15, 0.2) is 11.5 Å². The maximum absolute atomic E-state index is 11.3. The molecule has 0 aromatic heterocycles. The van der Waals surface area contributed by atoms with E-state index in [1.165, 1.54) is 12.1 Å². The quantitative estimate of drug-likeness (QED) is 0.584. The molecule has 0 amide bonds. The summed E-state index contributed by atoms with van der Waals surface area (Å²) < 4.78 is 10.6. The Morgan fingerprint density at radius 3 is 2.48 bits per heavy atom. The lowest BCUT2D eigenvalue weighted by Gasteiger charge is -2.23. The Balaban J connectivity index is 1.92. The van der Waals surface area contributed by atoms with Gasteiger partial charge in [-0.2, -0.15) is 0 Å². The van der Waals surface area contributed by atoms with Crippen LogP contribution >= 0.6 is 0 Å². The summed E-state index contributed by atoms with van der Waals surface area (Å²) in [5, 5.41) is 22.2. The summed E-state index contributed by atoms with van der Waals surface area (Å²) in [6.07, 6.45) is 0. The van der Waals surface area contributed by atoms with Crippen molar-refractivity contribution in [1.82, 2.24) is 0 Å². The Morgan fingerprint density at radius 2 is 1.80 bits per heavy atom. The molecule has 25 heavy (non-hydrogen) atoms. The van der Waals surface area contributed by atoms with Crippen molar-refractivity contribution in [3.8, 4) is 11.5 Å². The minimum atomic E-state index is -0.648. The van der Waals surface area contributed by atoms with Crippen molar-refractivity contribution >= 4 is 17.1 Å². The number of hydrogen-bond donors (Lipinski definition) is 0. The molecule has 0 bridgehead atoms. The zero-order chi connectivity index (χ0) is 18.0. The first-order valence-corrected chi connectivity index (χ1v) is 7.56. The Morgan fingerprint density at radius 1 is 1.04 bits per heavy atom. The fraction of sp³-hybridized carbons (Fsp3) is 0.250. The lowest BCUT2D eigenvalue weighted by molar-refractivity contribution is -0.393. The smallest absolute Gasteiger partial charge is 0.299 e. The maximum Gasteiger partial charge on any atom is 0.299 e. The van der Waals surface area contributed by atoms with Gasteiger partial charge in [0.1, 0.15) is 5.69 Å². The van der Waals surface area contributed by atoms with Gasteiger partial charge < -0.3 is 14.4 Å². The molecule has 0 unspecified atom stereocenters. The van der Waals surface area contributed by atoms with Crippen LogP contribution in [0.25, 0.3) is 0 Å². The minimum Gasteiger partial charge on any atom is -0.454 e. The van der Waals surface area contributed by atoms with Crippen molar-refractivity contribution in [2.24, 2.45) is 0 Å². The number of hydrogen-bond acceptors (Lipinski definition) is 7. The molecule has 9 heteroatoms. The van der Waals surface area contributed by atoms with Crippen molar-refractivity contribution in [2.45, 2.75) is 13.5 Å². The molecule has 0 aliphatic carbocycles. The highest BCUT2D eigenvalue weighted by Crippen LogP contribution is 2.35. The van der Waals surface area contributed by atoms with Crippen molar-refractivity contribution in [3.63, 3.8) is 0 Å². The summed E-state index contributed by atoms with van der Waals surface area (Å²) in [5.41, 5.74) is 0.612. The van der Waals surface area contributed by atoms with E-state index in [0.717, 1.165) is 11.6 Å². The first-order chi connectivity index (χ1) is 12.0. The second-order valence-corrected chi connectivity index (χ2v) is 5.39. The molecule has 0 saturated heterocycles. The molecule has 2 aromatic carbocycles. The van der Waals surface area contributed by atoms with E-state index in [0.29, 0.717) is 30.3 Å². The third kappa shape index (κ3) is 3.30. The summed E-state index contributed by atoms with van der Waals surface area (Å²) in [6, 6.07) is 9.13. The van der Waals surface area contributed by atoms with Crippen molar-refractivity contribution in [1.29, 1.82) is 0 Å². The van der Waals surface area contributed by atoms with Gasteiger partial charge in [-0.15, -0.1) is 0 Å². The second kappa shape index (κ2) is 6.63. The highest BCUT2D eigenvalue weighted by Gasteiger charge is 2.23. The van der Waals surface area contributed by atoms with E-state index < -0.39 is 9.85 Å². The monoisotopic (exact) mass is 345 g/mol. The van der Waals surface area contributed by atoms with Crippen LogP contribution in [0.1, 0.15) is 12.5 Å². The topological polar surface area (TPSA) is 108 Å². The third-order valence-electron chi connectivity index (χ3n) is 3.90. The van der Waals surface area contributed by atoms with Gasteiger partial charge in [-0.3, -0.25) is 20.2 Å². The second-order valence-electron chi connectivity index (χ2n) is 5.39. The molecule has 1 aliphatic rings. The molecule has 0 fully saturated rings. The zero-order valence-electron chi connectivity index (χ0n) is 13.4. The Labute approximate surface area is 142 Å². The van der Waals surface area contributed by atoms with Crippen LogP contribution < -0.4 is 14.4 Å². The molecule has 0 radical (unpaired) electrons. The fourth-order valence-electron chi connectivity index (χ4n) is 2.67. The number of anilines is 1. The van der Waals surface area contributed by atoms with Crippen LogP contribution in [-0.4, -0.2) is 23.2 Å². The van der Waals surface area contributed by atoms with Crippen molar-refractivity contribution in [3.05, 3.63) is 62.2 Å². The van der Waals surface area contributed by atoms with E-state index in [4.69, 9.17) is 9.47 Å². The Kier molecular flexibility index (Phi) is 4.38. The van der Waals surface area contributed by atoms with Gasteiger partial charge in [-0.1, -0.05) is 6.07 Å². The highest BCUT2D eigenvalue weighted by atomic mass is 16.7. The largest absolute Gasteiger partial charge is 0.454 e. The number of rotatable bonds is 6. The first kappa shape index (κ1) is 16.5. The molecule has 3 rings (SSSR count). The number of non-ortho nitro benzene ring substituents is 1. The van der Waals surface area contributed by atoms with Crippen LogP contribution in [0.4, 0.5) is 17.1 Å². The van der Waals surface area contributed by atoms with Gasteiger partial charge in [-0.25, -0.2) is 0 Å². The standard InChI is InChI=1S/C16H15N3O6/c1-2-17(9-11-3-6-15-16(7-11)25-10-24-15)13-5-4-12(18(20)21)8-14(13)19(22)23/h3-8H,2,9-10H2,1H3. The number of benzene rings is 2. The molecule has 1 aliphatic heterocycles. The SMILES string of the molecule is CCN(Cc1ccc2c(c1)OCO2)c1ccc([N+](=O)[O-])cc1[N+](=O)[O-]. The van der Waals surface area contributed by atoms with Crippen LogP contribution in [0, 0.1) is 20.2 Å². The van der Waals surface area contributed by atoms with Crippen molar-refractivity contribution in [2.75, 3.05) is 18.2 Å². The van der Waals surface area contributed by atoms with Crippen LogP contribution in [0.5, 0.6) is 11.5 Å². The number of nitrogens with zero attached hydrogens (tertiary/aromatic N) is 3. The van der Waals surface area contributed by atoms with Crippen LogP contribution in [0.2, 0.25) is 0 Å². The minimum absolute atomic E-state index is 0.171. The summed E-state index contributed by atoms with van der Waals surface area (Å²) in [7, 11) is 0. The normalized spacial score (nSPS) is 12.0. The fourth-order valence-corrected chi connectivity index (χ4v) is 2.67. The lowest BCUT2D eigenvalue weighted by atomic mass is 10.1. The van der Waals surface area contributed by atoms with Gasteiger partial charge in [0.05, 0.1) is 15.9 Å². The molecule has 130 valence electrons. The average Bonchev–Trinajstić information content (AvgIpc) is 3.06. The lowest BCUT2D eigenvalue weighted by Crippen LogP contribution is -2.23. The van der Waals surface area contributed by atoms with Gasteiger partial charge in [0.2, 0.25) is 6.79 Å².